The molecule has 0 saturated heterocycles. The third kappa shape index (κ3) is 3.92. The zero-order valence-electron chi connectivity index (χ0n) is 10.0. The summed E-state index contributed by atoms with van der Waals surface area (Å²) in [6.07, 6.45) is -4.82. The van der Waals surface area contributed by atoms with E-state index in [0.717, 1.165) is 12.1 Å². The second-order valence-electron chi connectivity index (χ2n) is 4.05. The van der Waals surface area contributed by atoms with Crippen LogP contribution in [-0.4, -0.2) is 10.1 Å². The van der Waals surface area contributed by atoms with E-state index in [9.17, 15) is 23.3 Å². The van der Waals surface area contributed by atoms with Crippen molar-refractivity contribution >= 4 is 28.1 Å². The maximum atomic E-state index is 12.7. The van der Waals surface area contributed by atoms with Crippen LogP contribution in [0.1, 0.15) is 19.4 Å². The van der Waals surface area contributed by atoms with Crippen molar-refractivity contribution in [2.75, 3.05) is 0 Å². The van der Waals surface area contributed by atoms with Gasteiger partial charge in [-0.25, -0.2) is 4.99 Å². The molecule has 0 unspecified atom stereocenters. The molecule has 0 amide bonds. The Balaban J connectivity index is 3.35. The maximum Gasteiger partial charge on any atom is 0.423 e. The summed E-state index contributed by atoms with van der Waals surface area (Å²) < 4.78 is 38.1. The summed E-state index contributed by atoms with van der Waals surface area (Å²) in [6, 6.07) is 2.51. The number of hydrogen-bond acceptors (Lipinski definition) is 3. The maximum absolute atomic E-state index is 12.7. The molecule has 0 heterocycles. The second-order valence-corrected chi connectivity index (χ2v) is 4.43. The van der Waals surface area contributed by atoms with Gasteiger partial charge in [0.15, 0.2) is 0 Å². The van der Waals surface area contributed by atoms with E-state index < -0.39 is 22.4 Å². The fraction of sp³-hybridized carbons (Fsp3) is 0.364. The van der Waals surface area contributed by atoms with Gasteiger partial charge < -0.3 is 0 Å². The number of aliphatic imine (C=N–C) groups is 1. The standard InChI is InChI=1S/C11H10ClF3N2O2/c1-6(2)10(12)16-7-3-4-9(17(18)19)8(5-7)11(13,14)15/h3-6H,1-2H3/b16-10-. The van der Waals surface area contributed by atoms with E-state index in [1.165, 1.54) is 0 Å². The zero-order chi connectivity index (χ0) is 14.8. The van der Waals surface area contributed by atoms with Crippen LogP contribution in [0.25, 0.3) is 0 Å². The molecule has 1 aromatic carbocycles. The number of halogens is 4. The van der Waals surface area contributed by atoms with Gasteiger partial charge in [-0.15, -0.1) is 0 Å². The molecule has 0 spiro atoms. The molecule has 0 N–H and O–H groups in total. The molecule has 0 aliphatic heterocycles. The molecule has 0 atom stereocenters. The number of nitrogens with zero attached hydrogens (tertiary/aromatic N) is 2. The highest BCUT2D eigenvalue weighted by atomic mass is 35.5. The Kier molecular flexibility index (Phi) is 4.52. The third-order valence-corrected chi connectivity index (χ3v) is 2.72. The summed E-state index contributed by atoms with van der Waals surface area (Å²) in [5.74, 6) is -0.147. The lowest BCUT2D eigenvalue weighted by Gasteiger charge is -2.08. The largest absolute Gasteiger partial charge is 0.423 e. The average molecular weight is 295 g/mol. The van der Waals surface area contributed by atoms with Crippen LogP contribution in [-0.2, 0) is 6.18 Å². The lowest BCUT2D eigenvalue weighted by Crippen LogP contribution is -2.08. The lowest BCUT2D eigenvalue weighted by atomic mass is 10.1. The van der Waals surface area contributed by atoms with Crippen LogP contribution in [0.2, 0.25) is 0 Å². The predicted octanol–water partition coefficient (Wildman–Crippen LogP) is 4.54. The van der Waals surface area contributed by atoms with Crippen LogP contribution in [0.5, 0.6) is 0 Å². The molecule has 1 aromatic rings. The van der Waals surface area contributed by atoms with Gasteiger partial charge in [-0.1, -0.05) is 25.4 Å². The summed E-state index contributed by atoms with van der Waals surface area (Å²) in [7, 11) is 0. The van der Waals surface area contributed by atoms with Crippen molar-refractivity contribution in [3.63, 3.8) is 0 Å². The van der Waals surface area contributed by atoms with Crippen LogP contribution in [0.3, 0.4) is 0 Å². The normalized spacial score (nSPS) is 12.9. The lowest BCUT2D eigenvalue weighted by molar-refractivity contribution is -0.388. The van der Waals surface area contributed by atoms with Gasteiger partial charge in [-0.2, -0.15) is 13.2 Å². The van der Waals surface area contributed by atoms with Gasteiger partial charge in [0, 0.05) is 12.0 Å². The molecular formula is C11H10ClF3N2O2. The van der Waals surface area contributed by atoms with Crippen molar-refractivity contribution in [3.05, 3.63) is 33.9 Å². The minimum Gasteiger partial charge on any atom is -0.258 e. The van der Waals surface area contributed by atoms with Gasteiger partial charge in [0.05, 0.1) is 10.6 Å². The van der Waals surface area contributed by atoms with Crippen LogP contribution >= 0.6 is 11.6 Å². The van der Waals surface area contributed by atoms with Crippen molar-refractivity contribution < 1.29 is 18.1 Å². The summed E-state index contributed by atoms with van der Waals surface area (Å²) >= 11 is 5.75. The smallest absolute Gasteiger partial charge is 0.258 e. The third-order valence-electron chi connectivity index (χ3n) is 2.19. The second kappa shape index (κ2) is 5.56. The summed E-state index contributed by atoms with van der Waals surface area (Å²) in [5, 5.41) is 10.7. The predicted molar refractivity (Wildman–Crippen MR) is 65.9 cm³/mol. The Hall–Kier alpha value is -1.63. The fourth-order valence-corrected chi connectivity index (χ4v) is 1.33. The van der Waals surface area contributed by atoms with E-state index in [0.29, 0.717) is 6.07 Å². The van der Waals surface area contributed by atoms with E-state index in [-0.39, 0.29) is 16.8 Å². The Morgan fingerprint density at radius 3 is 2.42 bits per heavy atom. The first-order valence-corrected chi connectivity index (χ1v) is 5.60. The number of nitro benzene ring substituents is 1. The highest BCUT2D eigenvalue weighted by Crippen LogP contribution is 2.38. The topological polar surface area (TPSA) is 55.5 Å². The van der Waals surface area contributed by atoms with Crippen LogP contribution in [0.4, 0.5) is 24.5 Å². The number of hydrogen-bond donors (Lipinski definition) is 0. The Bertz CT molecular complexity index is 527. The van der Waals surface area contributed by atoms with E-state index >= 15 is 0 Å². The van der Waals surface area contributed by atoms with E-state index in [1.54, 1.807) is 13.8 Å². The number of benzene rings is 1. The molecule has 104 valence electrons. The van der Waals surface area contributed by atoms with Crippen LogP contribution in [0.15, 0.2) is 23.2 Å². The Morgan fingerprint density at radius 2 is 2.00 bits per heavy atom. The number of nitro groups is 1. The molecule has 1 rings (SSSR count). The molecule has 0 bridgehead atoms. The molecule has 8 heteroatoms. The first-order valence-electron chi connectivity index (χ1n) is 5.22. The van der Waals surface area contributed by atoms with Crippen LogP contribution in [0, 0.1) is 16.0 Å². The number of alkyl halides is 3. The SMILES string of the molecule is CC(C)/C(Cl)=N/c1ccc([N+](=O)[O-])c(C(F)(F)F)c1. The van der Waals surface area contributed by atoms with Crippen molar-refractivity contribution in [3.8, 4) is 0 Å². The summed E-state index contributed by atoms with van der Waals surface area (Å²) in [4.78, 5) is 13.3. The fourth-order valence-electron chi connectivity index (χ4n) is 1.23. The highest BCUT2D eigenvalue weighted by Gasteiger charge is 2.38. The van der Waals surface area contributed by atoms with Crippen LogP contribution < -0.4 is 0 Å². The quantitative estimate of drug-likeness (QED) is 0.467. The molecule has 0 aliphatic carbocycles. The van der Waals surface area contributed by atoms with Crippen molar-refractivity contribution in [1.29, 1.82) is 0 Å². The monoisotopic (exact) mass is 294 g/mol. The molecule has 0 aromatic heterocycles. The van der Waals surface area contributed by atoms with Crippen molar-refractivity contribution in [1.82, 2.24) is 0 Å². The summed E-state index contributed by atoms with van der Waals surface area (Å²) in [5.41, 5.74) is -2.42. The van der Waals surface area contributed by atoms with E-state index in [2.05, 4.69) is 4.99 Å². The zero-order valence-corrected chi connectivity index (χ0v) is 10.8. The molecule has 4 nitrogen and oxygen atoms in total. The first kappa shape index (κ1) is 15.4. The minimum absolute atomic E-state index is 0.0726. The van der Waals surface area contributed by atoms with Crippen molar-refractivity contribution in [2.45, 2.75) is 20.0 Å². The molecule has 19 heavy (non-hydrogen) atoms. The van der Waals surface area contributed by atoms with Gasteiger partial charge in [-0.05, 0) is 12.1 Å². The van der Waals surface area contributed by atoms with Crippen molar-refractivity contribution in [2.24, 2.45) is 10.9 Å². The van der Waals surface area contributed by atoms with E-state index in [1.807, 2.05) is 0 Å². The molecule has 0 fully saturated rings. The van der Waals surface area contributed by atoms with Gasteiger partial charge in [-0.3, -0.25) is 10.1 Å². The molecule has 0 saturated carbocycles. The number of rotatable bonds is 3. The Morgan fingerprint density at radius 1 is 1.42 bits per heavy atom. The average Bonchev–Trinajstić information content (AvgIpc) is 2.27. The van der Waals surface area contributed by atoms with Gasteiger partial charge in [0.1, 0.15) is 10.7 Å². The van der Waals surface area contributed by atoms with E-state index in [4.69, 9.17) is 11.6 Å². The summed E-state index contributed by atoms with van der Waals surface area (Å²) in [6.45, 7) is 3.45. The first-order chi connectivity index (χ1) is 8.62. The Labute approximate surface area is 112 Å². The molecule has 0 aliphatic rings. The molecule has 0 radical (unpaired) electrons. The highest BCUT2D eigenvalue weighted by molar-refractivity contribution is 6.66. The van der Waals surface area contributed by atoms with Gasteiger partial charge in [0.25, 0.3) is 5.69 Å². The molecular weight excluding hydrogens is 285 g/mol. The van der Waals surface area contributed by atoms with Gasteiger partial charge in [0.2, 0.25) is 0 Å². The minimum atomic E-state index is -4.82. The van der Waals surface area contributed by atoms with Gasteiger partial charge >= 0.3 is 6.18 Å².